The minimum Gasteiger partial charge on any atom is -0.354 e. The molecule has 1 fully saturated rings. The molecule has 1 amide bonds. The largest absolute Gasteiger partial charge is 0.354 e. The summed E-state index contributed by atoms with van der Waals surface area (Å²) in [5.41, 5.74) is 5.42. The van der Waals surface area contributed by atoms with Crippen molar-refractivity contribution in [2.75, 3.05) is 41.6 Å². The summed E-state index contributed by atoms with van der Waals surface area (Å²) >= 11 is 6.52. The number of amides is 1. The zero-order valence-corrected chi connectivity index (χ0v) is 21.3. The molecule has 1 aromatic carbocycles. The van der Waals surface area contributed by atoms with Crippen LogP contribution in [0.25, 0.3) is 16.8 Å². The van der Waals surface area contributed by atoms with Crippen molar-refractivity contribution < 1.29 is 13.2 Å². The maximum Gasteiger partial charge on any atom is 0.275 e. The number of rotatable bonds is 5. The number of carbonyl (C=O) groups excluding carboxylic acids is 1. The molecule has 4 heterocycles. The quantitative estimate of drug-likeness (QED) is 0.396. The van der Waals surface area contributed by atoms with E-state index in [-0.39, 0.29) is 17.4 Å². The van der Waals surface area contributed by atoms with Crippen molar-refractivity contribution in [3.63, 3.8) is 0 Å². The van der Waals surface area contributed by atoms with Crippen molar-refractivity contribution in [1.29, 1.82) is 0 Å². The topological polar surface area (TPSA) is 113 Å². The molecule has 36 heavy (non-hydrogen) atoms. The summed E-state index contributed by atoms with van der Waals surface area (Å²) in [6.07, 6.45) is 3.30. The van der Waals surface area contributed by atoms with Gasteiger partial charge in [-0.3, -0.25) is 15.2 Å². The second-order valence-corrected chi connectivity index (χ2v) is 11.2. The van der Waals surface area contributed by atoms with Crippen molar-refractivity contribution in [3.8, 4) is 11.1 Å². The van der Waals surface area contributed by atoms with Crippen LogP contribution in [0, 0.1) is 6.92 Å². The Hall–Kier alpha value is -3.70. The fourth-order valence-corrected chi connectivity index (χ4v) is 5.70. The van der Waals surface area contributed by atoms with Crippen LogP contribution >= 0.6 is 11.6 Å². The van der Waals surface area contributed by atoms with Crippen LogP contribution in [0.1, 0.15) is 16.1 Å². The second kappa shape index (κ2) is 9.40. The van der Waals surface area contributed by atoms with Gasteiger partial charge in [0.25, 0.3) is 5.91 Å². The number of nitrogens with zero attached hydrogens (tertiary/aromatic N) is 6. The Morgan fingerprint density at radius 3 is 2.47 bits per heavy atom. The van der Waals surface area contributed by atoms with E-state index in [1.54, 1.807) is 49.1 Å². The monoisotopic (exact) mass is 525 g/mol. The van der Waals surface area contributed by atoms with E-state index >= 15 is 0 Å². The maximum atomic E-state index is 13.3. The molecule has 4 aromatic rings. The molecule has 12 heteroatoms. The Morgan fingerprint density at radius 1 is 1.06 bits per heavy atom. The van der Waals surface area contributed by atoms with Crippen LogP contribution in [0.3, 0.4) is 0 Å². The van der Waals surface area contributed by atoms with E-state index in [9.17, 15) is 13.2 Å². The predicted molar refractivity (Wildman–Crippen MR) is 139 cm³/mol. The summed E-state index contributed by atoms with van der Waals surface area (Å²) in [5, 5.41) is 6.72. The average molecular weight is 526 g/mol. The number of carbonyl (C=O) groups is 1. The molecule has 1 saturated heterocycles. The van der Waals surface area contributed by atoms with E-state index in [2.05, 4.69) is 20.5 Å². The number of nitrogens with one attached hydrogen (secondary N) is 1. The molecule has 0 spiro atoms. The number of halogens is 1. The summed E-state index contributed by atoms with van der Waals surface area (Å²) in [6, 6.07) is 12.8. The first-order valence-electron chi connectivity index (χ1n) is 11.3. The molecular formula is C24H24ClN7O3S. The lowest BCUT2D eigenvalue weighted by Crippen LogP contribution is -2.41. The van der Waals surface area contributed by atoms with Gasteiger partial charge in [0.1, 0.15) is 17.2 Å². The molecule has 1 aliphatic heterocycles. The van der Waals surface area contributed by atoms with Gasteiger partial charge in [-0.2, -0.15) is 9.61 Å². The highest BCUT2D eigenvalue weighted by Crippen LogP contribution is 2.36. The highest BCUT2D eigenvalue weighted by Gasteiger charge is 2.29. The van der Waals surface area contributed by atoms with Crippen molar-refractivity contribution in [2.45, 2.75) is 6.92 Å². The molecule has 0 radical (unpaired) electrons. The van der Waals surface area contributed by atoms with Crippen LogP contribution < -0.4 is 15.3 Å². The van der Waals surface area contributed by atoms with Gasteiger partial charge in [-0.25, -0.2) is 18.4 Å². The molecule has 5 rings (SSSR count). The first-order chi connectivity index (χ1) is 17.2. The summed E-state index contributed by atoms with van der Waals surface area (Å²) < 4.78 is 25.9. The van der Waals surface area contributed by atoms with E-state index in [4.69, 9.17) is 11.6 Å². The minimum absolute atomic E-state index is 0.0290. The minimum atomic E-state index is -3.11. The van der Waals surface area contributed by atoms with E-state index in [1.165, 1.54) is 5.01 Å². The first kappa shape index (κ1) is 24.0. The Labute approximate surface area is 213 Å². The predicted octanol–water partition coefficient (Wildman–Crippen LogP) is 2.77. The zero-order valence-electron chi connectivity index (χ0n) is 19.7. The molecule has 0 saturated carbocycles. The molecular weight excluding hydrogens is 502 g/mol. The number of hydrazine groups is 1. The Bertz CT molecular complexity index is 1540. The van der Waals surface area contributed by atoms with Gasteiger partial charge in [0.05, 0.1) is 17.2 Å². The number of benzene rings is 1. The fraction of sp³-hybridized carbons (Fsp3) is 0.250. The molecule has 1 N–H and O–H groups in total. The molecule has 186 valence electrons. The van der Waals surface area contributed by atoms with Crippen molar-refractivity contribution in [2.24, 2.45) is 0 Å². The van der Waals surface area contributed by atoms with Gasteiger partial charge in [0.2, 0.25) is 0 Å². The Kier molecular flexibility index (Phi) is 6.27. The maximum absolute atomic E-state index is 13.3. The van der Waals surface area contributed by atoms with E-state index in [1.807, 2.05) is 29.2 Å². The smallest absolute Gasteiger partial charge is 0.275 e. The van der Waals surface area contributed by atoms with Crippen molar-refractivity contribution in [1.82, 2.24) is 25.0 Å². The summed E-state index contributed by atoms with van der Waals surface area (Å²) in [5.74, 6) is 0.885. The molecule has 0 bridgehead atoms. The lowest BCUT2D eigenvalue weighted by molar-refractivity contribution is 0.0952. The van der Waals surface area contributed by atoms with Crippen molar-refractivity contribution in [3.05, 3.63) is 71.1 Å². The normalized spacial score (nSPS) is 15.1. The lowest BCUT2D eigenvalue weighted by atomic mass is 10.1. The number of hydrogen-bond donors (Lipinski definition) is 1. The first-order valence-corrected chi connectivity index (χ1v) is 13.5. The number of hydrogen-bond acceptors (Lipinski definition) is 8. The lowest BCUT2D eigenvalue weighted by Gasteiger charge is -2.30. The van der Waals surface area contributed by atoms with Gasteiger partial charge in [-0.15, -0.1) is 0 Å². The van der Waals surface area contributed by atoms with E-state index < -0.39 is 9.84 Å². The summed E-state index contributed by atoms with van der Waals surface area (Å²) in [4.78, 5) is 24.1. The van der Waals surface area contributed by atoms with Gasteiger partial charge in [0, 0.05) is 48.7 Å². The summed E-state index contributed by atoms with van der Waals surface area (Å²) in [6.45, 7) is 2.33. The molecule has 0 atom stereocenters. The SMILES string of the molecule is Cc1nn2c(N3CCS(=O)(=O)CC3)c(-c3ccccc3Cl)cnc2c1C(=O)NN(C)c1ccccn1. The second-order valence-electron chi connectivity index (χ2n) is 8.50. The average Bonchev–Trinajstić information content (AvgIpc) is 3.20. The Morgan fingerprint density at radius 2 is 1.78 bits per heavy atom. The number of fused-ring (bicyclic) bond motifs is 1. The highest BCUT2D eigenvalue weighted by atomic mass is 35.5. The zero-order chi connectivity index (χ0) is 25.4. The van der Waals surface area contributed by atoms with E-state index in [0.717, 1.165) is 5.56 Å². The van der Waals surface area contributed by atoms with Crippen molar-refractivity contribution >= 4 is 44.6 Å². The standard InChI is InChI=1S/C24H24ClN7O3S/c1-16-21(23(33)29-30(2)20-9-5-6-10-26-20)22-27-15-18(17-7-3-4-8-19(17)25)24(32(22)28-16)31-11-13-36(34,35)14-12-31/h3-10,15H,11-14H2,1-2H3,(H,29,33). The van der Waals surface area contributed by atoms with Gasteiger partial charge < -0.3 is 4.90 Å². The number of aromatic nitrogens is 4. The number of anilines is 2. The van der Waals surface area contributed by atoms with Crippen LogP contribution in [0.15, 0.2) is 54.9 Å². The molecule has 3 aromatic heterocycles. The van der Waals surface area contributed by atoms with Gasteiger partial charge in [0.15, 0.2) is 15.5 Å². The third-order valence-corrected chi connectivity index (χ3v) is 8.03. The number of pyridine rings is 1. The van der Waals surface area contributed by atoms with Crippen LogP contribution in [-0.2, 0) is 9.84 Å². The van der Waals surface area contributed by atoms with Crippen LogP contribution in [0.5, 0.6) is 0 Å². The highest BCUT2D eigenvalue weighted by molar-refractivity contribution is 7.91. The number of sulfone groups is 1. The fourth-order valence-electron chi connectivity index (χ4n) is 4.26. The molecule has 0 unspecified atom stereocenters. The molecule has 1 aliphatic rings. The number of aryl methyl sites for hydroxylation is 1. The molecule has 10 nitrogen and oxygen atoms in total. The molecule has 0 aliphatic carbocycles. The third-order valence-electron chi connectivity index (χ3n) is 6.09. The summed E-state index contributed by atoms with van der Waals surface area (Å²) in [7, 11) is -1.41. The Balaban J connectivity index is 1.62. The third kappa shape index (κ3) is 4.47. The van der Waals surface area contributed by atoms with Crippen LogP contribution in [0.2, 0.25) is 5.02 Å². The van der Waals surface area contributed by atoms with Gasteiger partial charge >= 0.3 is 0 Å². The van der Waals surface area contributed by atoms with Crippen LogP contribution in [0.4, 0.5) is 11.6 Å². The van der Waals surface area contributed by atoms with Crippen LogP contribution in [-0.4, -0.2) is 65.5 Å². The van der Waals surface area contributed by atoms with Gasteiger partial charge in [-0.05, 0) is 25.1 Å². The van der Waals surface area contributed by atoms with Gasteiger partial charge in [-0.1, -0.05) is 35.9 Å². The van der Waals surface area contributed by atoms with E-state index in [0.29, 0.717) is 52.2 Å².